The van der Waals surface area contributed by atoms with E-state index < -0.39 is 17.9 Å². The standard InChI is InChI=1S/C10H24O6S2Si/c1-4-14-19(15-5-2,16-6-3)10-8-7-9-17-18(11,12)13/h4-10H2,1-3H3,(H-,11,12,13). The van der Waals surface area contributed by atoms with Gasteiger partial charge in [-0.05, 0) is 27.2 Å². The zero-order chi connectivity index (χ0) is 14.8. The molecule has 0 aliphatic heterocycles. The van der Waals surface area contributed by atoms with Gasteiger partial charge in [-0.3, -0.25) is 4.55 Å². The molecule has 0 bridgehead atoms. The lowest BCUT2D eigenvalue weighted by Crippen LogP contribution is -2.45. The van der Waals surface area contributed by atoms with Crippen LogP contribution in [0.5, 0.6) is 0 Å². The second kappa shape index (κ2) is 10.2. The summed E-state index contributed by atoms with van der Waals surface area (Å²) < 4.78 is 46.7. The molecule has 1 atom stereocenters. The minimum absolute atomic E-state index is 0.355. The third kappa shape index (κ3) is 9.85. The normalized spacial score (nSPS) is 15.2. The van der Waals surface area contributed by atoms with Crippen LogP contribution in [-0.4, -0.2) is 47.7 Å². The maximum Gasteiger partial charge on any atom is 0.500 e. The zero-order valence-electron chi connectivity index (χ0n) is 11.8. The van der Waals surface area contributed by atoms with E-state index in [1.54, 1.807) is 0 Å². The quantitative estimate of drug-likeness (QED) is 0.352. The lowest BCUT2D eigenvalue weighted by molar-refractivity contribution is 0.0708. The maximum absolute atomic E-state index is 10.6. The summed E-state index contributed by atoms with van der Waals surface area (Å²) in [7, 11) is -6.00. The lowest BCUT2D eigenvalue weighted by Gasteiger charge is -2.28. The monoisotopic (exact) mass is 332 g/mol. The zero-order valence-corrected chi connectivity index (χ0v) is 14.4. The summed E-state index contributed by atoms with van der Waals surface area (Å²) in [6.07, 6.45) is 1.40. The summed E-state index contributed by atoms with van der Waals surface area (Å²) in [5, 5.41) is 0. The van der Waals surface area contributed by atoms with Crippen molar-refractivity contribution in [3.8, 4) is 0 Å². The van der Waals surface area contributed by atoms with Crippen LogP contribution in [0.25, 0.3) is 0 Å². The van der Waals surface area contributed by atoms with Gasteiger partial charge in [0.25, 0.3) is 19.4 Å². The van der Waals surface area contributed by atoms with Gasteiger partial charge in [-0.1, -0.05) is 0 Å². The number of hydrogen-bond donors (Lipinski definition) is 1. The lowest BCUT2D eigenvalue weighted by atomic mass is 10.4. The Kier molecular flexibility index (Phi) is 10.4. The minimum Gasteiger partial charge on any atom is -0.712 e. The Labute approximate surface area is 120 Å². The summed E-state index contributed by atoms with van der Waals surface area (Å²) in [5.74, 6) is 0.355. The van der Waals surface area contributed by atoms with Gasteiger partial charge in [0.15, 0.2) is 5.75 Å². The molecule has 6 nitrogen and oxygen atoms in total. The highest BCUT2D eigenvalue weighted by atomic mass is 32.9. The first-order valence-corrected chi connectivity index (χ1v) is 11.3. The maximum atomic E-state index is 10.6. The molecule has 0 heterocycles. The average molecular weight is 333 g/mol. The molecular formula is C10H24O6S2Si. The van der Waals surface area contributed by atoms with Crippen molar-refractivity contribution in [2.24, 2.45) is 0 Å². The fourth-order valence-corrected chi connectivity index (χ4v) is 5.81. The Morgan fingerprint density at radius 1 is 1.11 bits per heavy atom. The molecule has 0 aliphatic carbocycles. The van der Waals surface area contributed by atoms with E-state index >= 15 is 0 Å². The summed E-state index contributed by atoms with van der Waals surface area (Å²) in [6, 6.07) is 0.661. The number of unbranched alkanes of at least 4 members (excludes halogenated alkanes) is 1. The first-order chi connectivity index (χ1) is 8.89. The molecule has 0 radical (unpaired) electrons. The largest absolute Gasteiger partial charge is 0.712 e. The molecule has 0 fully saturated rings. The topological polar surface area (TPSA) is 88.1 Å². The molecule has 9 heteroatoms. The second-order valence-electron chi connectivity index (χ2n) is 3.69. The summed E-state index contributed by atoms with van der Waals surface area (Å²) >= 11 is 0. The van der Waals surface area contributed by atoms with Crippen LogP contribution in [0.3, 0.4) is 0 Å². The van der Waals surface area contributed by atoms with Gasteiger partial charge in [-0.15, -0.1) is 0 Å². The molecule has 0 aromatic carbocycles. The molecule has 1 unspecified atom stereocenters. The molecule has 0 aromatic rings. The van der Waals surface area contributed by atoms with E-state index in [0.717, 1.165) is 6.42 Å². The third-order valence-electron chi connectivity index (χ3n) is 2.20. The predicted octanol–water partition coefficient (Wildman–Crippen LogP) is 1.70. The van der Waals surface area contributed by atoms with Gasteiger partial charge in [0.05, 0.1) is 0 Å². The van der Waals surface area contributed by atoms with Gasteiger partial charge < -0.3 is 17.8 Å². The first kappa shape index (κ1) is 19.4. The Bertz CT molecular complexity index is 318. The molecule has 0 aromatic heterocycles. The van der Waals surface area contributed by atoms with Crippen molar-refractivity contribution in [2.45, 2.75) is 39.7 Å². The van der Waals surface area contributed by atoms with E-state index in [1.807, 2.05) is 20.8 Å². The molecule has 116 valence electrons. The van der Waals surface area contributed by atoms with Gasteiger partial charge >= 0.3 is 8.80 Å². The average Bonchev–Trinajstić information content (AvgIpc) is 2.28. The van der Waals surface area contributed by atoms with Crippen LogP contribution in [0.4, 0.5) is 0 Å². The molecule has 0 saturated heterocycles. The van der Waals surface area contributed by atoms with Crippen LogP contribution >= 0.6 is 0 Å². The highest BCUT2D eigenvalue weighted by Crippen LogP contribution is 2.19. The summed E-state index contributed by atoms with van der Waals surface area (Å²) in [5.41, 5.74) is 0. The van der Waals surface area contributed by atoms with Crippen LogP contribution in [0.15, 0.2) is 0 Å². The molecule has 0 spiro atoms. The van der Waals surface area contributed by atoms with E-state index in [0.29, 0.717) is 48.4 Å². The van der Waals surface area contributed by atoms with Crippen LogP contribution in [-0.2, 0) is 32.7 Å². The van der Waals surface area contributed by atoms with E-state index in [-0.39, 0.29) is 0 Å². The molecule has 0 aliphatic rings. The summed E-state index contributed by atoms with van der Waals surface area (Å²) in [4.78, 5) is 0. The fraction of sp³-hybridized carbons (Fsp3) is 1.00. The smallest absolute Gasteiger partial charge is 0.500 e. The van der Waals surface area contributed by atoms with Crippen molar-refractivity contribution >= 4 is 28.2 Å². The van der Waals surface area contributed by atoms with Crippen molar-refractivity contribution < 1.29 is 26.6 Å². The molecule has 1 N–H and O–H groups in total. The van der Waals surface area contributed by atoms with Gasteiger partial charge in [0.1, 0.15) is 0 Å². The van der Waals surface area contributed by atoms with Crippen molar-refractivity contribution in [2.75, 3.05) is 25.6 Å². The highest BCUT2D eigenvalue weighted by Gasteiger charge is 2.39. The van der Waals surface area contributed by atoms with Gasteiger partial charge in [0.2, 0.25) is 0 Å². The molecular weight excluding hydrogens is 308 g/mol. The van der Waals surface area contributed by atoms with E-state index in [9.17, 15) is 8.76 Å². The second-order valence-corrected chi connectivity index (χ2v) is 9.89. The Morgan fingerprint density at radius 2 is 1.58 bits per heavy atom. The SMILES string of the molecule is CCO[Si](CCCC[S+]=S(=O)([O-])O)(OCC)OCC. The molecule has 19 heavy (non-hydrogen) atoms. The van der Waals surface area contributed by atoms with Crippen LogP contribution in [0, 0.1) is 0 Å². The fourth-order valence-electron chi connectivity index (χ4n) is 1.61. The third-order valence-corrected chi connectivity index (χ3v) is 7.50. The van der Waals surface area contributed by atoms with E-state index in [4.69, 9.17) is 17.8 Å². The first-order valence-electron chi connectivity index (χ1n) is 6.42. The van der Waals surface area contributed by atoms with Crippen molar-refractivity contribution in [1.29, 1.82) is 0 Å². The van der Waals surface area contributed by atoms with Gasteiger partial charge in [-0.25, -0.2) is 0 Å². The Hall–Kier alpha value is 0.387. The molecule has 0 saturated carbocycles. The van der Waals surface area contributed by atoms with Crippen LogP contribution in [0.1, 0.15) is 33.6 Å². The Balaban J connectivity index is 4.28. The number of hydrogen-bond acceptors (Lipinski definition) is 5. The van der Waals surface area contributed by atoms with Crippen LogP contribution in [0.2, 0.25) is 6.04 Å². The van der Waals surface area contributed by atoms with Gasteiger partial charge in [0, 0.05) is 32.3 Å². The van der Waals surface area contributed by atoms with Crippen molar-refractivity contribution in [3.63, 3.8) is 0 Å². The minimum atomic E-state index is -3.94. The number of rotatable bonds is 11. The van der Waals surface area contributed by atoms with Crippen molar-refractivity contribution in [1.82, 2.24) is 0 Å². The van der Waals surface area contributed by atoms with Crippen LogP contribution < -0.4 is 0 Å². The highest BCUT2D eigenvalue weighted by molar-refractivity contribution is 8.33. The van der Waals surface area contributed by atoms with Gasteiger partial charge in [-0.2, -0.15) is 4.21 Å². The summed E-state index contributed by atoms with van der Waals surface area (Å²) in [6.45, 7) is 7.29. The van der Waals surface area contributed by atoms with E-state index in [2.05, 4.69) is 0 Å². The predicted molar refractivity (Wildman–Crippen MR) is 78.5 cm³/mol. The Morgan fingerprint density at radius 3 is 1.95 bits per heavy atom. The van der Waals surface area contributed by atoms with E-state index in [1.165, 1.54) is 0 Å². The molecule has 0 rings (SSSR count). The van der Waals surface area contributed by atoms with Crippen molar-refractivity contribution in [3.05, 3.63) is 0 Å². The molecule has 0 amide bonds.